The smallest absolute Gasteiger partial charge is 0.239 e. The van der Waals surface area contributed by atoms with E-state index in [1.54, 1.807) is 6.07 Å². The van der Waals surface area contributed by atoms with E-state index in [1.165, 1.54) is 12.1 Å². The third-order valence-electron chi connectivity index (χ3n) is 2.92. The molecule has 3 nitrogen and oxygen atoms in total. The zero-order valence-electron chi connectivity index (χ0n) is 10.6. The second-order valence-corrected chi connectivity index (χ2v) is 5.22. The Morgan fingerprint density at radius 1 is 1.25 bits per heavy atom. The van der Waals surface area contributed by atoms with Gasteiger partial charge in [0.1, 0.15) is 11.9 Å². The molecule has 0 aliphatic rings. The van der Waals surface area contributed by atoms with Gasteiger partial charge in [-0.3, -0.25) is 10.1 Å². The Labute approximate surface area is 125 Å². The summed E-state index contributed by atoms with van der Waals surface area (Å²) in [5.41, 5.74) is 6.93. The number of amides is 1. The van der Waals surface area contributed by atoms with Gasteiger partial charge in [0.15, 0.2) is 0 Å². The van der Waals surface area contributed by atoms with Gasteiger partial charge in [0.05, 0.1) is 0 Å². The highest BCUT2D eigenvalue weighted by atomic mass is 79.9. The van der Waals surface area contributed by atoms with Crippen LogP contribution in [0.3, 0.4) is 0 Å². The number of hydrogen-bond acceptors (Lipinski definition) is 2. The minimum Gasteiger partial charge on any atom is -0.368 e. The van der Waals surface area contributed by atoms with Crippen LogP contribution in [0, 0.1) is 5.82 Å². The first-order chi connectivity index (χ1) is 9.58. The molecular weight excluding hydrogens is 323 g/mol. The summed E-state index contributed by atoms with van der Waals surface area (Å²) in [6.45, 7) is 0.334. The molecule has 0 saturated heterocycles. The van der Waals surface area contributed by atoms with Crippen molar-refractivity contribution in [2.75, 3.05) is 0 Å². The highest BCUT2D eigenvalue weighted by Crippen LogP contribution is 2.19. The summed E-state index contributed by atoms with van der Waals surface area (Å²) in [6, 6.07) is 13.0. The van der Waals surface area contributed by atoms with Gasteiger partial charge in [0.2, 0.25) is 5.91 Å². The third kappa shape index (κ3) is 3.65. The number of primary amides is 1. The molecule has 2 aromatic rings. The molecular formula is C15H14BrFN2O. The molecule has 0 aliphatic carbocycles. The van der Waals surface area contributed by atoms with Crippen LogP contribution in [0.25, 0.3) is 0 Å². The van der Waals surface area contributed by atoms with Crippen molar-refractivity contribution in [2.45, 2.75) is 12.6 Å². The summed E-state index contributed by atoms with van der Waals surface area (Å²) in [5.74, 6) is -0.788. The van der Waals surface area contributed by atoms with E-state index in [9.17, 15) is 9.18 Å². The maximum atomic E-state index is 13.2. The average Bonchev–Trinajstić information content (AvgIpc) is 2.43. The number of rotatable bonds is 5. The number of carbonyl (C=O) groups is 1. The van der Waals surface area contributed by atoms with E-state index in [4.69, 9.17) is 5.73 Å². The largest absolute Gasteiger partial charge is 0.368 e. The lowest BCUT2D eigenvalue weighted by atomic mass is 10.1. The van der Waals surface area contributed by atoms with Crippen LogP contribution >= 0.6 is 15.9 Å². The van der Waals surface area contributed by atoms with Crippen LogP contribution in [-0.4, -0.2) is 5.91 Å². The first kappa shape index (κ1) is 14.7. The zero-order valence-corrected chi connectivity index (χ0v) is 12.2. The topological polar surface area (TPSA) is 55.1 Å². The lowest BCUT2D eigenvalue weighted by Crippen LogP contribution is -2.33. The first-order valence-corrected chi connectivity index (χ1v) is 6.89. The molecule has 0 spiro atoms. The fourth-order valence-corrected chi connectivity index (χ4v) is 2.31. The molecule has 0 bridgehead atoms. The first-order valence-electron chi connectivity index (χ1n) is 6.09. The number of halogens is 2. The van der Waals surface area contributed by atoms with E-state index >= 15 is 0 Å². The lowest BCUT2D eigenvalue weighted by molar-refractivity contribution is -0.120. The van der Waals surface area contributed by atoms with E-state index in [1.807, 2.05) is 30.3 Å². The Morgan fingerprint density at radius 2 is 1.95 bits per heavy atom. The third-order valence-corrected chi connectivity index (χ3v) is 3.70. The van der Waals surface area contributed by atoms with Gasteiger partial charge in [0, 0.05) is 11.0 Å². The molecule has 1 atom stereocenters. The van der Waals surface area contributed by atoms with E-state index < -0.39 is 11.9 Å². The van der Waals surface area contributed by atoms with Crippen molar-refractivity contribution >= 4 is 21.8 Å². The second kappa shape index (κ2) is 6.63. The molecule has 1 unspecified atom stereocenters. The van der Waals surface area contributed by atoms with E-state index in [0.717, 1.165) is 15.6 Å². The minimum absolute atomic E-state index is 0.319. The Morgan fingerprint density at radius 3 is 2.60 bits per heavy atom. The van der Waals surface area contributed by atoms with E-state index in [0.29, 0.717) is 6.54 Å². The number of carbonyl (C=O) groups excluding carboxylic acids is 1. The van der Waals surface area contributed by atoms with Crippen molar-refractivity contribution in [1.82, 2.24) is 5.32 Å². The van der Waals surface area contributed by atoms with E-state index in [-0.39, 0.29) is 5.82 Å². The van der Waals surface area contributed by atoms with Crippen LogP contribution in [0.1, 0.15) is 17.2 Å². The number of nitrogens with two attached hydrogens (primary N) is 1. The average molecular weight is 337 g/mol. The maximum absolute atomic E-state index is 13.2. The zero-order chi connectivity index (χ0) is 14.5. The molecule has 5 heteroatoms. The highest BCUT2D eigenvalue weighted by Gasteiger charge is 2.17. The Balaban J connectivity index is 2.14. The molecule has 1 amide bonds. The van der Waals surface area contributed by atoms with E-state index in [2.05, 4.69) is 21.2 Å². The number of hydrogen-bond donors (Lipinski definition) is 2. The lowest BCUT2D eigenvalue weighted by Gasteiger charge is -2.16. The van der Waals surface area contributed by atoms with Crippen LogP contribution in [-0.2, 0) is 11.3 Å². The van der Waals surface area contributed by atoms with Crippen LogP contribution in [0.5, 0.6) is 0 Å². The predicted octanol–water partition coefficient (Wildman–Crippen LogP) is 2.90. The number of benzene rings is 2. The Kier molecular flexibility index (Phi) is 4.87. The van der Waals surface area contributed by atoms with Crippen LogP contribution in [0.15, 0.2) is 53.0 Å². The van der Waals surface area contributed by atoms with Crippen LogP contribution < -0.4 is 11.1 Å². The van der Waals surface area contributed by atoms with Gasteiger partial charge in [-0.15, -0.1) is 0 Å². The second-order valence-electron chi connectivity index (χ2n) is 4.36. The van der Waals surface area contributed by atoms with Gasteiger partial charge < -0.3 is 5.73 Å². The molecule has 0 heterocycles. The van der Waals surface area contributed by atoms with Crippen molar-refractivity contribution in [2.24, 2.45) is 5.73 Å². The molecule has 3 N–H and O–H groups in total. The van der Waals surface area contributed by atoms with Crippen LogP contribution in [0.2, 0.25) is 0 Å². The van der Waals surface area contributed by atoms with Crippen LogP contribution in [0.4, 0.5) is 4.39 Å². The van der Waals surface area contributed by atoms with Gasteiger partial charge in [-0.25, -0.2) is 4.39 Å². The van der Waals surface area contributed by atoms with Crippen molar-refractivity contribution in [3.8, 4) is 0 Å². The quantitative estimate of drug-likeness (QED) is 0.881. The fraction of sp³-hybridized carbons (Fsp3) is 0.133. The minimum atomic E-state index is -0.605. The molecule has 0 saturated carbocycles. The molecule has 104 valence electrons. The Hall–Kier alpha value is -1.72. The molecule has 0 radical (unpaired) electrons. The highest BCUT2D eigenvalue weighted by molar-refractivity contribution is 9.10. The molecule has 0 aromatic heterocycles. The van der Waals surface area contributed by atoms with Gasteiger partial charge in [-0.2, -0.15) is 0 Å². The SMILES string of the molecule is NC(=O)C(NCc1cc(F)ccc1Br)c1ccccc1. The molecule has 20 heavy (non-hydrogen) atoms. The standard InChI is InChI=1S/C15H14BrFN2O/c16-13-7-6-12(17)8-11(13)9-19-14(15(18)20)10-4-2-1-3-5-10/h1-8,14,19H,9H2,(H2,18,20). The summed E-state index contributed by atoms with van der Waals surface area (Å²) in [5, 5.41) is 3.05. The van der Waals surface area contributed by atoms with Crippen molar-refractivity contribution < 1.29 is 9.18 Å². The fourth-order valence-electron chi connectivity index (χ4n) is 1.92. The number of nitrogens with one attached hydrogen (secondary N) is 1. The monoisotopic (exact) mass is 336 g/mol. The van der Waals surface area contributed by atoms with Gasteiger partial charge in [-0.1, -0.05) is 46.3 Å². The summed E-state index contributed by atoms with van der Waals surface area (Å²) >= 11 is 3.35. The van der Waals surface area contributed by atoms with Crippen molar-refractivity contribution in [3.05, 3.63) is 69.9 Å². The summed E-state index contributed by atoms with van der Waals surface area (Å²) in [7, 11) is 0. The van der Waals surface area contributed by atoms with Gasteiger partial charge >= 0.3 is 0 Å². The van der Waals surface area contributed by atoms with Crippen molar-refractivity contribution in [1.29, 1.82) is 0 Å². The molecule has 0 fully saturated rings. The molecule has 2 aromatic carbocycles. The summed E-state index contributed by atoms with van der Waals surface area (Å²) in [6.07, 6.45) is 0. The molecule has 2 rings (SSSR count). The maximum Gasteiger partial charge on any atom is 0.239 e. The Bertz CT molecular complexity index is 604. The normalized spacial score (nSPS) is 12.1. The molecule has 0 aliphatic heterocycles. The summed E-state index contributed by atoms with van der Waals surface area (Å²) in [4.78, 5) is 11.5. The summed E-state index contributed by atoms with van der Waals surface area (Å²) < 4.78 is 14.0. The van der Waals surface area contributed by atoms with Crippen molar-refractivity contribution in [3.63, 3.8) is 0 Å². The predicted molar refractivity (Wildman–Crippen MR) is 79.3 cm³/mol. The van der Waals surface area contributed by atoms with Gasteiger partial charge in [-0.05, 0) is 29.3 Å². The van der Waals surface area contributed by atoms with Gasteiger partial charge in [0.25, 0.3) is 0 Å².